The molecule has 2 heterocycles. The predicted molar refractivity (Wildman–Crippen MR) is 134 cm³/mol. The van der Waals surface area contributed by atoms with Crippen molar-refractivity contribution < 1.29 is 9.47 Å². The van der Waals surface area contributed by atoms with E-state index in [4.69, 9.17) is 14.5 Å². The minimum absolute atomic E-state index is 0. The molecule has 2 aliphatic heterocycles. The highest BCUT2D eigenvalue weighted by Gasteiger charge is 2.23. The van der Waals surface area contributed by atoms with Gasteiger partial charge in [-0.05, 0) is 57.7 Å². The van der Waals surface area contributed by atoms with E-state index < -0.39 is 0 Å². The average molecular weight is 530 g/mol. The lowest BCUT2D eigenvalue weighted by molar-refractivity contribution is -0.0320. The number of nitrogens with one attached hydrogen (secondary N) is 2. The van der Waals surface area contributed by atoms with E-state index in [0.717, 1.165) is 64.7 Å². The van der Waals surface area contributed by atoms with Gasteiger partial charge in [-0.25, -0.2) is 0 Å². The molecule has 170 valence electrons. The zero-order valence-electron chi connectivity index (χ0n) is 18.4. The van der Waals surface area contributed by atoms with Crippen molar-refractivity contribution in [1.29, 1.82) is 0 Å². The Morgan fingerprint density at radius 3 is 2.60 bits per heavy atom. The Morgan fingerprint density at radius 1 is 1.17 bits per heavy atom. The van der Waals surface area contributed by atoms with Crippen LogP contribution in [-0.4, -0.2) is 69.5 Å². The Balaban J connectivity index is 0.00000320. The van der Waals surface area contributed by atoms with Crippen LogP contribution in [0.1, 0.15) is 50.6 Å². The minimum Gasteiger partial charge on any atom is -0.381 e. The van der Waals surface area contributed by atoms with Crippen LogP contribution in [0.5, 0.6) is 0 Å². The van der Waals surface area contributed by atoms with Gasteiger partial charge in [0.2, 0.25) is 0 Å². The highest BCUT2D eigenvalue weighted by molar-refractivity contribution is 14.0. The average Bonchev–Trinajstić information content (AvgIpc) is 3.29. The molecule has 2 saturated heterocycles. The summed E-state index contributed by atoms with van der Waals surface area (Å²) >= 11 is 0. The number of hydrogen-bond donors (Lipinski definition) is 2. The van der Waals surface area contributed by atoms with Crippen molar-refractivity contribution >= 4 is 29.9 Å². The number of aliphatic imine (C=N–C) groups is 1. The van der Waals surface area contributed by atoms with Crippen LogP contribution >= 0.6 is 24.0 Å². The molecule has 2 fully saturated rings. The van der Waals surface area contributed by atoms with Crippen LogP contribution in [0.15, 0.2) is 35.3 Å². The van der Waals surface area contributed by atoms with Crippen molar-refractivity contribution in [2.75, 3.05) is 52.5 Å². The summed E-state index contributed by atoms with van der Waals surface area (Å²) in [6.45, 7) is 9.42. The second-order valence-electron chi connectivity index (χ2n) is 7.85. The van der Waals surface area contributed by atoms with Crippen molar-refractivity contribution in [2.24, 2.45) is 4.99 Å². The van der Waals surface area contributed by atoms with Gasteiger partial charge < -0.3 is 20.1 Å². The Bertz CT molecular complexity index is 590. The first kappa shape index (κ1) is 25.4. The monoisotopic (exact) mass is 530 g/mol. The third-order valence-corrected chi connectivity index (χ3v) is 5.67. The zero-order valence-corrected chi connectivity index (χ0v) is 20.7. The zero-order chi connectivity index (χ0) is 20.2. The molecule has 1 aromatic carbocycles. The third kappa shape index (κ3) is 8.69. The smallest absolute Gasteiger partial charge is 0.191 e. The van der Waals surface area contributed by atoms with E-state index in [1.807, 2.05) is 0 Å². The first-order valence-corrected chi connectivity index (χ1v) is 11.4. The minimum atomic E-state index is 0. The summed E-state index contributed by atoms with van der Waals surface area (Å²) in [4.78, 5) is 7.49. The van der Waals surface area contributed by atoms with Crippen molar-refractivity contribution in [3.05, 3.63) is 35.9 Å². The maximum Gasteiger partial charge on any atom is 0.191 e. The van der Waals surface area contributed by atoms with E-state index in [0.29, 0.717) is 12.1 Å². The molecule has 3 rings (SSSR count). The molecule has 6 nitrogen and oxygen atoms in total. The summed E-state index contributed by atoms with van der Waals surface area (Å²) in [5, 5.41) is 6.85. The van der Waals surface area contributed by atoms with Gasteiger partial charge in [0.05, 0.1) is 18.7 Å². The second kappa shape index (κ2) is 15.0. The molecule has 30 heavy (non-hydrogen) atoms. The molecule has 0 aliphatic carbocycles. The van der Waals surface area contributed by atoms with Crippen LogP contribution in [0, 0.1) is 0 Å². The highest BCUT2D eigenvalue weighted by atomic mass is 127. The maximum atomic E-state index is 5.96. The fourth-order valence-corrected chi connectivity index (χ4v) is 4.05. The number of halogens is 1. The van der Waals surface area contributed by atoms with Gasteiger partial charge in [0.1, 0.15) is 0 Å². The molecule has 0 bridgehead atoms. The van der Waals surface area contributed by atoms with Gasteiger partial charge in [-0.1, -0.05) is 30.3 Å². The van der Waals surface area contributed by atoms with E-state index in [-0.39, 0.29) is 24.0 Å². The first-order chi connectivity index (χ1) is 14.4. The van der Waals surface area contributed by atoms with Gasteiger partial charge in [-0.2, -0.15) is 0 Å². The van der Waals surface area contributed by atoms with E-state index >= 15 is 0 Å². The Morgan fingerprint density at radius 2 is 1.90 bits per heavy atom. The van der Waals surface area contributed by atoms with Crippen molar-refractivity contribution in [2.45, 2.75) is 51.2 Å². The summed E-state index contributed by atoms with van der Waals surface area (Å²) in [6.07, 6.45) is 5.98. The SMILES string of the molecule is CCNC(=NCC(c1ccccc1)N1CCCC1)NCCCOC1CCOCC1.I. The molecule has 0 radical (unpaired) electrons. The van der Waals surface area contributed by atoms with Crippen LogP contribution in [0.2, 0.25) is 0 Å². The summed E-state index contributed by atoms with van der Waals surface area (Å²) in [7, 11) is 0. The number of ether oxygens (including phenoxy) is 2. The number of rotatable bonds is 10. The molecular weight excluding hydrogens is 491 g/mol. The van der Waals surface area contributed by atoms with Gasteiger partial charge >= 0.3 is 0 Å². The molecule has 1 aromatic rings. The first-order valence-electron chi connectivity index (χ1n) is 11.4. The number of hydrogen-bond acceptors (Lipinski definition) is 4. The van der Waals surface area contributed by atoms with Gasteiger partial charge in [0.15, 0.2) is 5.96 Å². The van der Waals surface area contributed by atoms with Gasteiger partial charge in [-0.15, -0.1) is 24.0 Å². The highest BCUT2D eigenvalue weighted by Crippen LogP contribution is 2.25. The van der Waals surface area contributed by atoms with Crippen molar-refractivity contribution in [3.63, 3.8) is 0 Å². The Hall–Kier alpha value is -0.900. The molecule has 1 atom stereocenters. The lowest BCUT2D eigenvalue weighted by Gasteiger charge is -2.27. The second-order valence-corrected chi connectivity index (χ2v) is 7.85. The van der Waals surface area contributed by atoms with Crippen LogP contribution in [0.3, 0.4) is 0 Å². The van der Waals surface area contributed by atoms with Crippen LogP contribution in [0.4, 0.5) is 0 Å². The third-order valence-electron chi connectivity index (χ3n) is 5.67. The van der Waals surface area contributed by atoms with Crippen LogP contribution < -0.4 is 10.6 Å². The molecule has 0 amide bonds. The molecule has 2 N–H and O–H groups in total. The summed E-state index contributed by atoms with van der Waals surface area (Å²) < 4.78 is 11.3. The largest absolute Gasteiger partial charge is 0.381 e. The van der Waals surface area contributed by atoms with Crippen LogP contribution in [-0.2, 0) is 9.47 Å². The number of nitrogens with zero attached hydrogens (tertiary/aromatic N) is 2. The van der Waals surface area contributed by atoms with Gasteiger partial charge in [0, 0.05) is 32.9 Å². The standard InChI is InChI=1S/C23H38N4O2.HI/c1-2-24-23(25-13-8-16-29-21-11-17-28-18-12-21)26-19-22(27-14-6-7-15-27)20-9-4-3-5-10-20;/h3-5,9-10,21-22H,2,6-8,11-19H2,1H3,(H2,24,25,26);1H. The van der Waals surface area contributed by atoms with E-state index in [1.165, 1.54) is 31.5 Å². The Labute approximate surface area is 199 Å². The molecule has 1 unspecified atom stereocenters. The lowest BCUT2D eigenvalue weighted by atomic mass is 10.1. The summed E-state index contributed by atoms with van der Waals surface area (Å²) in [5.74, 6) is 0.902. The summed E-state index contributed by atoms with van der Waals surface area (Å²) in [5.41, 5.74) is 1.36. The quantitative estimate of drug-likeness (QED) is 0.210. The number of guanidine groups is 1. The molecular formula is C23H39IN4O2. The number of likely N-dealkylation sites (tertiary alicyclic amines) is 1. The van der Waals surface area contributed by atoms with Gasteiger partial charge in [0.25, 0.3) is 0 Å². The predicted octanol–water partition coefficient (Wildman–Crippen LogP) is 3.58. The fourth-order valence-electron chi connectivity index (χ4n) is 4.05. The van der Waals surface area contributed by atoms with Gasteiger partial charge in [-0.3, -0.25) is 9.89 Å². The molecule has 0 saturated carbocycles. The van der Waals surface area contributed by atoms with E-state index in [2.05, 4.69) is 52.8 Å². The molecule has 2 aliphatic rings. The molecule has 0 aromatic heterocycles. The summed E-state index contributed by atoms with van der Waals surface area (Å²) in [6, 6.07) is 11.2. The van der Waals surface area contributed by atoms with Crippen LogP contribution in [0.25, 0.3) is 0 Å². The normalized spacial score (nSPS) is 19.3. The van der Waals surface area contributed by atoms with E-state index in [9.17, 15) is 0 Å². The lowest BCUT2D eigenvalue weighted by Crippen LogP contribution is -2.39. The molecule has 7 heteroatoms. The van der Waals surface area contributed by atoms with E-state index in [1.54, 1.807) is 0 Å². The topological polar surface area (TPSA) is 58.1 Å². The fraction of sp³-hybridized carbons (Fsp3) is 0.696. The van der Waals surface area contributed by atoms with Crippen molar-refractivity contribution in [3.8, 4) is 0 Å². The molecule has 0 spiro atoms. The Kier molecular flexibility index (Phi) is 12.7. The van der Waals surface area contributed by atoms with Crippen molar-refractivity contribution in [1.82, 2.24) is 15.5 Å². The maximum absolute atomic E-state index is 5.96. The number of benzene rings is 1.